The van der Waals surface area contributed by atoms with Crippen molar-refractivity contribution >= 4 is 28.0 Å². The third-order valence-corrected chi connectivity index (χ3v) is 7.79. The predicted molar refractivity (Wildman–Crippen MR) is 98.2 cm³/mol. The fourth-order valence-electron chi connectivity index (χ4n) is 3.33. The first kappa shape index (κ1) is 16.6. The molecule has 1 saturated heterocycles. The number of fused-ring (bicyclic) bond motifs is 2. The van der Waals surface area contributed by atoms with Gasteiger partial charge in [-0.15, -0.1) is 23.1 Å². The van der Waals surface area contributed by atoms with Gasteiger partial charge in [0.15, 0.2) is 11.5 Å². The van der Waals surface area contributed by atoms with E-state index in [4.69, 9.17) is 18.9 Å². The molecule has 0 spiro atoms. The number of thioether (sulfide) groups is 1. The molecule has 4 rings (SSSR count). The van der Waals surface area contributed by atoms with E-state index >= 15 is 0 Å². The molecule has 1 aromatic rings. The Balaban J connectivity index is 1.80. The van der Waals surface area contributed by atoms with Crippen LogP contribution in [-0.4, -0.2) is 37.8 Å². The van der Waals surface area contributed by atoms with E-state index in [0.29, 0.717) is 43.5 Å². The highest BCUT2D eigenvalue weighted by molar-refractivity contribution is 8.09. The lowest BCUT2D eigenvalue weighted by Crippen LogP contribution is -2.34. The van der Waals surface area contributed by atoms with Crippen molar-refractivity contribution in [1.29, 1.82) is 0 Å². The van der Waals surface area contributed by atoms with Gasteiger partial charge in [0.25, 0.3) is 0 Å². The highest BCUT2D eigenvalue weighted by Crippen LogP contribution is 2.57. The Morgan fingerprint density at radius 1 is 0.917 bits per heavy atom. The van der Waals surface area contributed by atoms with Gasteiger partial charge < -0.3 is 18.9 Å². The minimum absolute atomic E-state index is 0.0588. The van der Waals surface area contributed by atoms with Gasteiger partial charge in [0.2, 0.25) is 0 Å². The van der Waals surface area contributed by atoms with Gasteiger partial charge in [-0.25, -0.2) is 0 Å². The van der Waals surface area contributed by atoms with E-state index < -0.39 is 0 Å². The summed E-state index contributed by atoms with van der Waals surface area (Å²) in [5.74, 6) is 3.77. The van der Waals surface area contributed by atoms with Crippen LogP contribution in [0.1, 0.15) is 43.4 Å². The fraction of sp³-hybridized carbons (Fsp3) is 0.667. The number of hydrogen-bond donors (Lipinski definition) is 0. The summed E-state index contributed by atoms with van der Waals surface area (Å²) < 4.78 is 24.1. The van der Waals surface area contributed by atoms with E-state index in [-0.39, 0.29) is 6.10 Å². The second-order valence-electron chi connectivity index (χ2n) is 6.97. The second-order valence-corrected chi connectivity index (χ2v) is 9.21. The van der Waals surface area contributed by atoms with E-state index in [0.717, 1.165) is 22.1 Å². The van der Waals surface area contributed by atoms with Gasteiger partial charge in [-0.2, -0.15) is 0 Å². The molecule has 6 heteroatoms. The van der Waals surface area contributed by atoms with Crippen molar-refractivity contribution in [3.63, 3.8) is 0 Å². The summed E-state index contributed by atoms with van der Waals surface area (Å²) in [6.45, 7) is 11.4. The van der Waals surface area contributed by atoms with Crippen LogP contribution in [0.15, 0.2) is 5.76 Å². The lowest BCUT2D eigenvalue weighted by Gasteiger charge is -2.28. The van der Waals surface area contributed by atoms with Crippen LogP contribution in [-0.2, 0) is 9.47 Å². The summed E-state index contributed by atoms with van der Waals surface area (Å²) >= 11 is 3.67. The maximum absolute atomic E-state index is 6.05. The molecule has 0 N–H and O–H groups in total. The molecule has 0 radical (unpaired) electrons. The number of rotatable bonds is 3. The maximum atomic E-state index is 6.05. The SMILES string of the molecule is CC(C)c1sc(C2=C3OCCOC3C(C(C)C)S2)c2c1OCCO2. The Hall–Kier alpha value is -0.850. The van der Waals surface area contributed by atoms with Gasteiger partial charge in [0, 0.05) is 5.25 Å². The fourth-order valence-corrected chi connectivity index (χ4v) is 6.10. The molecular weight excluding hydrogens is 344 g/mol. The summed E-state index contributed by atoms with van der Waals surface area (Å²) in [6, 6.07) is 0. The summed E-state index contributed by atoms with van der Waals surface area (Å²) in [5.41, 5.74) is 0. The van der Waals surface area contributed by atoms with Crippen molar-refractivity contribution in [2.45, 2.75) is 45.0 Å². The average Bonchev–Trinajstić information content (AvgIpc) is 3.13. The Kier molecular flexibility index (Phi) is 4.47. The van der Waals surface area contributed by atoms with Crippen molar-refractivity contribution in [1.82, 2.24) is 0 Å². The van der Waals surface area contributed by atoms with Crippen LogP contribution < -0.4 is 9.47 Å². The number of ether oxygens (including phenoxy) is 4. The quantitative estimate of drug-likeness (QED) is 0.785. The number of hydrogen-bond acceptors (Lipinski definition) is 6. The third kappa shape index (κ3) is 2.63. The van der Waals surface area contributed by atoms with E-state index in [1.165, 1.54) is 9.78 Å². The highest BCUT2D eigenvalue weighted by atomic mass is 32.2. The lowest BCUT2D eigenvalue weighted by molar-refractivity contribution is -0.0428. The minimum atomic E-state index is 0.0588. The lowest BCUT2D eigenvalue weighted by atomic mass is 10.0. The van der Waals surface area contributed by atoms with Crippen LogP contribution in [0, 0.1) is 5.92 Å². The first-order valence-electron chi connectivity index (χ1n) is 8.65. The maximum Gasteiger partial charge on any atom is 0.180 e. The summed E-state index contributed by atoms with van der Waals surface area (Å²) in [6.07, 6.45) is 0.0588. The molecule has 0 bridgehead atoms. The zero-order chi connectivity index (χ0) is 16.8. The molecule has 4 heterocycles. The standard InChI is InChI=1S/C18H24O4S2/c1-9(2)15-11-13(21-7-5-19-11)17(23-15)18-14-12(20-6-8-22-14)16(24-18)10(3)4/h9-11,15H,5-8H2,1-4H3. The van der Waals surface area contributed by atoms with Gasteiger partial charge in [-0.1, -0.05) is 27.7 Å². The summed E-state index contributed by atoms with van der Waals surface area (Å²) in [7, 11) is 0. The molecule has 0 amide bonds. The van der Waals surface area contributed by atoms with Crippen LogP contribution >= 0.6 is 23.1 Å². The van der Waals surface area contributed by atoms with Gasteiger partial charge >= 0.3 is 0 Å². The molecule has 0 aromatic carbocycles. The number of thiophene rings is 1. The van der Waals surface area contributed by atoms with Crippen molar-refractivity contribution in [2.75, 3.05) is 26.4 Å². The zero-order valence-electron chi connectivity index (χ0n) is 14.6. The smallest absolute Gasteiger partial charge is 0.180 e. The summed E-state index contributed by atoms with van der Waals surface area (Å²) in [4.78, 5) is 3.61. The Morgan fingerprint density at radius 3 is 2.33 bits per heavy atom. The van der Waals surface area contributed by atoms with E-state index in [1.807, 2.05) is 11.8 Å². The Bertz CT molecular complexity index is 662. The Labute approximate surface area is 151 Å². The minimum Gasteiger partial charge on any atom is -0.491 e. The van der Waals surface area contributed by atoms with Gasteiger partial charge in [-0.3, -0.25) is 0 Å². The topological polar surface area (TPSA) is 36.9 Å². The van der Waals surface area contributed by atoms with Crippen LogP contribution in [0.3, 0.4) is 0 Å². The van der Waals surface area contributed by atoms with Gasteiger partial charge in [-0.05, 0) is 11.8 Å². The van der Waals surface area contributed by atoms with Gasteiger partial charge in [0.05, 0.1) is 21.3 Å². The normalized spacial score (nSPS) is 26.1. The highest BCUT2D eigenvalue weighted by Gasteiger charge is 2.44. The molecule has 1 fully saturated rings. The predicted octanol–water partition coefficient (Wildman–Crippen LogP) is 4.50. The Morgan fingerprint density at radius 2 is 1.62 bits per heavy atom. The molecule has 0 saturated carbocycles. The molecule has 3 aliphatic rings. The van der Waals surface area contributed by atoms with Crippen molar-refractivity contribution < 1.29 is 18.9 Å². The second kappa shape index (κ2) is 6.46. The molecular formula is C18H24O4S2. The molecule has 0 aliphatic carbocycles. The monoisotopic (exact) mass is 368 g/mol. The van der Waals surface area contributed by atoms with Crippen molar-refractivity contribution in [3.8, 4) is 11.5 Å². The molecule has 4 nitrogen and oxygen atoms in total. The molecule has 2 atom stereocenters. The van der Waals surface area contributed by atoms with Crippen LogP contribution in [0.2, 0.25) is 0 Å². The first-order valence-corrected chi connectivity index (χ1v) is 10.4. The molecule has 1 aromatic heterocycles. The first-order chi connectivity index (χ1) is 11.6. The zero-order valence-corrected chi connectivity index (χ0v) is 16.2. The van der Waals surface area contributed by atoms with E-state index in [1.54, 1.807) is 11.3 Å². The van der Waals surface area contributed by atoms with Crippen molar-refractivity contribution in [2.24, 2.45) is 5.92 Å². The molecule has 24 heavy (non-hydrogen) atoms. The van der Waals surface area contributed by atoms with Crippen LogP contribution in [0.25, 0.3) is 4.91 Å². The molecule has 3 aliphatic heterocycles. The summed E-state index contributed by atoms with van der Waals surface area (Å²) in [5, 5.41) is 0.389. The van der Waals surface area contributed by atoms with Crippen LogP contribution in [0.4, 0.5) is 0 Å². The van der Waals surface area contributed by atoms with Crippen LogP contribution in [0.5, 0.6) is 11.5 Å². The van der Waals surface area contributed by atoms with Crippen molar-refractivity contribution in [3.05, 3.63) is 15.5 Å². The largest absolute Gasteiger partial charge is 0.491 e. The molecule has 132 valence electrons. The average molecular weight is 369 g/mol. The molecule has 2 unspecified atom stereocenters. The van der Waals surface area contributed by atoms with E-state index in [2.05, 4.69) is 27.7 Å². The van der Waals surface area contributed by atoms with Gasteiger partial charge in [0.1, 0.15) is 31.7 Å². The third-order valence-electron chi connectivity index (χ3n) is 4.48. The van der Waals surface area contributed by atoms with E-state index in [9.17, 15) is 0 Å².